The number of hydrogen-bond acceptors (Lipinski definition) is 3. The van der Waals surface area contributed by atoms with Crippen molar-refractivity contribution in [2.75, 3.05) is 0 Å². The van der Waals surface area contributed by atoms with Crippen LogP contribution in [0.1, 0.15) is 0 Å². The van der Waals surface area contributed by atoms with Crippen molar-refractivity contribution in [3.63, 3.8) is 0 Å². The molecule has 0 spiro atoms. The largest absolute Gasteiger partial charge is 0.309 e. The standard InChI is InChI=1S/C64H42N4SSi/c1-4-19-45(20-5-1)70(46-21-6-2-7-22-46,47-23-8-3-9-24-47)48-38-35-43(36-39-48)64-65-56(54-30-18-29-53-52-28-13-17-34-61(52)69-63(53)54)42-62(66-64)68-59-33-16-12-27-51(59)55-41-44(37-40-60(55)68)67-57-31-14-10-25-49(57)50-26-11-15-32-58(50)67/h1-42H. The van der Waals surface area contributed by atoms with E-state index in [1.807, 2.05) is 11.3 Å². The summed E-state index contributed by atoms with van der Waals surface area (Å²) in [6, 6.07) is 93.0. The van der Waals surface area contributed by atoms with Gasteiger partial charge in [-0.2, -0.15) is 0 Å². The third kappa shape index (κ3) is 6.20. The highest BCUT2D eigenvalue weighted by molar-refractivity contribution is 7.26. The lowest BCUT2D eigenvalue weighted by Gasteiger charge is -2.34. The zero-order valence-electron chi connectivity index (χ0n) is 37.9. The summed E-state index contributed by atoms with van der Waals surface area (Å²) in [7, 11) is -2.75. The van der Waals surface area contributed by atoms with Crippen molar-refractivity contribution >= 4 is 104 Å². The molecule has 0 unspecified atom stereocenters. The topological polar surface area (TPSA) is 35.6 Å². The lowest BCUT2D eigenvalue weighted by molar-refractivity contribution is 1.05. The summed E-state index contributed by atoms with van der Waals surface area (Å²) in [4.78, 5) is 11.1. The van der Waals surface area contributed by atoms with E-state index in [0.717, 1.165) is 44.7 Å². The van der Waals surface area contributed by atoms with Crippen LogP contribution < -0.4 is 20.7 Å². The maximum Gasteiger partial charge on any atom is 0.179 e. The Hall–Kier alpha value is -8.68. The van der Waals surface area contributed by atoms with Crippen molar-refractivity contribution in [1.82, 2.24) is 19.1 Å². The van der Waals surface area contributed by atoms with E-state index in [1.54, 1.807) is 0 Å². The van der Waals surface area contributed by atoms with Crippen LogP contribution in [0.2, 0.25) is 0 Å². The van der Waals surface area contributed by atoms with Gasteiger partial charge >= 0.3 is 0 Å². The van der Waals surface area contributed by atoms with E-state index >= 15 is 0 Å². The molecule has 14 rings (SSSR count). The zero-order chi connectivity index (χ0) is 46.2. The fraction of sp³-hybridized carbons (Fsp3) is 0. The summed E-state index contributed by atoms with van der Waals surface area (Å²) in [5, 5.41) is 12.6. The summed E-state index contributed by atoms with van der Waals surface area (Å²) in [6.07, 6.45) is 0. The second kappa shape index (κ2) is 16.2. The summed E-state index contributed by atoms with van der Waals surface area (Å²) in [5.74, 6) is 1.50. The van der Waals surface area contributed by atoms with E-state index in [1.165, 1.54) is 68.1 Å². The van der Waals surface area contributed by atoms with Crippen molar-refractivity contribution in [1.29, 1.82) is 0 Å². The van der Waals surface area contributed by atoms with Crippen molar-refractivity contribution in [3.05, 3.63) is 255 Å². The Morgan fingerprint density at radius 1 is 0.343 bits per heavy atom. The highest BCUT2D eigenvalue weighted by Crippen LogP contribution is 2.41. The van der Waals surface area contributed by atoms with Crippen molar-refractivity contribution < 1.29 is 0 Å². The van der Waals surface area contributed by atoms with Crippen LogP contribution >= 0.6 is 11.3 Å². The molecule has 0 N–H and O–H groups in total. The summed E-state index contributed by atoms with van der Waals surface area (Å²) in [6.45, 7) is 0. The van der Waals surface area contributed by atoms with E-state index in [9.17, 15) is 0 Å². The normalized spacial score (nSPS) is 12.0. The molecule has 0 bridgehead atoms. The smallest absolute Gasteiger partial charge is 0.179 e. The Bertz CT molecular complexity index is 4140. The van der Waals surface area contributed by atoms with Crippen LogP contribution in [0.3, 0.4) is 0 Å². The van der Waals surface area contributed by atoms with Gasteiger partial charge in [0.1, 0.15) is 5.82 Å². The van der Waals surface area contributed by atoms with Gasteiger partial charge in [-0.3, -0.25) is 4.57 Å². The Balaban J connectivity index is 0.996. The second-order valence-electron chi connectivity index (χ2n) is 18.1. The van der Waals surface area contributed by atoms with E-state index in [2.05, 4.69) is 264 Å². The van der Waals surface area contributed by atoms with Gasteiger partial charge in [0.05, 0.1) is 27.8 Å². The van der Waals surface area contributed by atoms with Crippen LogP contribution in [0.15, 0.2) is 255 Å². The van der Waals surface area contributed by atoms with Crippen LogP contribution in [-0.4, -0.2) is 27.2 Å². The van der Waals surface area contributed by atoms with Gasteiger partial charge in [-0.1, -0.05) is 206 Å². The molecule has 0 aliphatic heterocycles. The van der Waals surface area contributed by atoms with Gasteiger partial charge in [-0.25, -0.2) is 9.97 Å². The van der Waals surface area contributed by atoms with Gasteiger partial charge in [0.2, 0.25) is 0 Å². The van der Waals surface area contributed by atoms with Gasteiger partial charge in [0.25, 0.3) is 0 Å². The van der Waals surface area contributed by atoms with Crippen LogP contribution in [0.25, 0.3) is 97.9 Å². The first-order chi connectivity index (χ1) is 34.7. The summed E-state index contributed by atoms with van der Waals surface area (Å²) < 4.78 is 7.22. The maximum atomic E-state index is 5.58. The molecule has 70 heavy (non-hydrogen) atoms. The number of hydrogen-bond donors (Lipinski definition) is 0. The lowest BCUT2D eigenvalue weighted by atomic mass is 10.1. The molecule has 10 aromatic carbocycles. The third-order valence-corrected chi connectivity index (χ3v) is 20.3. The number of fused-ring (bicyclic) bond motifs is 9. The molecule has 0 saturated heterocycles. The Kier molecular flexibility index (Phi) is 9.37. The second-order valence-corrected chi connectivity index (χ2v) is 22.9. The van der Waals surface area contributed by atoms with Gasteiger partial charge in [0.15, 0.2) is 13.9 Å². The van der Waals surface area contributed by atoms with Crippen molar-refractivity contribution in [2.45, 2.75) is 0 Å². The van der Waals surface area contributed by atoms with Gasteiger partial charge in [-0.05, 0) is 63.2 Å². The predicted molar refractivity (Wildman–Crippen MR) is 298 cm³/mol. The van der Waals surface area contributed by atoms with Crippen LogP contribution in [0, 0.1) is 0 Å². The van der Waals surface area contributed by atoms with E-state index in [4.69, 9.17) is 9.97 Å². The summed E-state index contributed by atoms with van der Waals surface area (Å²) in [5.41, 5.74) is 8.61. The number of thiophene rings is 1. The first kappa shape index (κ1) is 40.4. The average molecular weight is 927 g/mol. The molecule has 4 nitrogen and oxygen atoms in total. The minimum atomic E-state index is -2.75. The highest BCUT2D eigenvalue weighted by Gasteiger charge is 2.41. The lowest BCUT2D eigenvalue weighted by Crippen LogP contribution is -2.74. The number of aromatic nitrogens is 4. The van der Waals surface area contributed by atoms with Crippen molar-refractivity contribution in [2.24, 2.45) is 0 Å². The zero-order valence-corrected chi connectivity index (χ0v) is 39.8. The van der Waals surface area contributed by atoms with E-state index < -0.39 is 8.07 Å². The van der Waals surface area contributed by atoms with Crippen LogP contribution in [-0.2, 0) is 0 Å². The number of rotatable bonds is 8. The van der Waals surface area contributed by atoms with Crippen LogP contribution in [0.5, 0.6) is 0 Å². The molecule has 0 aliphatic rings. The SMILES string of the molecule is c1ccc([Si](c2ccccc2)(c2ccccc2)c2ccc(-c3nc(-c4cccc5c4sc4ccccc45)cc(-n4c5ccccc5c5cc(-n6c7ccccc7c7ccccc76)ccc54)n3)cc2)cc1. The molecule has 0 saturated carbocycles. The highest BCUT2D eigenvalue weighted by atomic mass is 32.1. The number of nitrogens with zero attached hydrogens (tertiary/aromatic N) is 4. The Morgan fingerprint density at radius 3 is 1.44 bits per heavy atom. The Morgan fingerprint density at radius 2 is 0.829 bits per heavy atom. The fourth-order valence-electron chi connectivity index (χ4n) is 11.2. The minimum absolute atomic E-state index is 0.677. The molecular weight excluding hydrogens is 885 g/mol. The molecule has 0 fully saturated rings. The van der Waals surface area contributed by atoms with E-state index in [0.29, 0.717) is 5.82 Å². The molecular formula is C64H42N4SSi. The average Bonchev–Trinajstić information content (AvgIpc) is 4.10. The molecule has 4 aromatic heterocycles. The molecule has 0 radical (unpaired) electrons. The summed E-state index contributed by atoms with van der Waals surface area (Å²) >= 11 is 1.83. The van der Waals surface area contributed by atoms with Gasteiger partial charge in [-0.15, -0.1) is 11.3 Å². The molecule has 4 heterocycles. The number of benzene rings is 10. The quantitative estimate of drug-likeness (QED) is 0.112. The molecule has 14 aromatic rings. The Labute approximate surface area is 409 Å². The molecule has 6 heteroatoms. The van der Waals surface area contributed by atoms with E-state index in [-0.39, 0.29) is 0 Å². The van der Waals surface area contributed by atoms with Gasteiger partial charge in [0, 0.05) is 64.6 Å². The molecule has 328 valence electrons. The van der Waals surface area contributed by atoms with Crippen LogP contribution in [0.4, 0.5) is 0 Å². The maximum absolute atomic E-state index is 5.58. The van der Waals surface area contributed by atoms with Gasteiger partial charge < -0.3 is 4.57 Å². The first-order valence-electron chi connectivity index (χ1n) is 23.8. The molecule has 0 amide bonds. The third-order valence-electron chi connectivity index (χ3n) is 14.3. The number of para-hydroxylation sites is 3. The molecule has 0 aliphatic carbocycles. The molecule has 0 atom stereocenters. The van der Waals surface area contributed by atoms with Crippen molar-refractivity contribution in [3.8, 4) is 34.2 Å². The predicted octanol–water partition coefficient (Wildman–Crippen LogP) is 13.8. The first-order valence-corrected chi connectivity index (χ1v) is 26.6. The monoisotopic (exact) mass is 926 g/mol. The minimum Gasteiger partial charge on any atom is -0.309 e. The fourth-order valence-corrected chi connectivity index (χ4v) is 17.2.